The summed E-state index contributed by atoms with van der Waals surface area (Å²) in [6.45, 7) is 1.10. The van der Waals surface area contributed by atoms with Crippen LogP contribution < -0.4 is 11.0 Å². The lowest BCUT2D eigenvalue weighted by Crippen LogP contribution is -2.46. The molecule has 7 rings (SSSR count). The summed E-state index contributed by atoms with van der Waals surface area (Å²) in [6, 6.07) is 12.5. The first-order valence-electron chi connectivity index (χ1n) is 13.7. The lowest BCUT2D eigenvalue weighted by molar-refractivity contribution is -0.0314. The van der Waals surface area contributed by atoms with Crippen molar-refractivity contribution in [1.82, 2.24) is 34.0 Å². The Morgan fingerprint density at radius 2 is 1.95 bits per heavy atom. The van der Waals surface area contributed by atoms with Crippen LogP contribution in [-0.2, 0) is 13.6 Å². The normalized spacial score (nSPS) is 16.4. The van der Waals surface area contributed by atoms with Gasteiger partial charge in [-0.15, -0.1) is 10.2 Å². The quantitative estimate of drug-likeness (QED) is 0.310. The maximum absolute atomic E-state index is 14.4. The molecule has 2 fully saturated rings. The third-order valence-electron chi connectivity index (χ3n) is 8.10. The molecule has 0 bridgehead atoms. The van der Waals surface area contributed by atoms with E-state index in [-0.39, 0.29) is 11.5 Å². The molecule has 0 spiro atoms. The molecule has 4 aromatic heterocycles. The van der Waals surface area contributed by atoms with E-state index in [1.165, 1.54) is 12.1 Å². The number of hydrogen-bond donors (Lipinski definition) is 2. The highest BCUT2D eigenvalue weighted by molar-refractivity contribution is 5.81. The number of aliphatic hydroxyl groups is 1. The minimum absolute atomic E-state index is 0.214. The third kappa shape index (κ3) is 4.52. The fourth-order valence-electron chi connectivity index (χ4n) is 5.48. The van der Waals surface area contributed by atoms with Crippen LogP contribution in [-0.4, -0.2) is 46.0 Å². The van der Waals surface area contributed by atoms with E-state index in [4.69, 9.17) is 4.98 Å². The van der Waals surface area contributed by atoms with Crippen molar-refractivity contribution in [2.24, 2.45) is 7.05 Å². The molecule has 204 valence electrons. The van der Waals surface area contributed by atoms with Gasteiger partial charge in [0.25, 0.3) is 0 Å². The molecule has 10 heteroatoms. The van der Waals surface area contributed by atoms with Crippen molar-refractivity contribution in [1.29, 1.82) is 0 Å². The number of aromatic nitrogens is 6. The van der Waals surface area contributed by atoms with Crippen LogP contribution in [0.2, 0.25) is 0 Å². The van der Waals surface area contributed by atoms with E-state index in [0.717, 1.165) is 60.0 Å². The Morgan fingerprint density at radius 3 is 2.67 bits per heavy atom. The zero-order valence-electron chi connectivity index (χ0n) is 22.2. The second-order valence-electron chi connectivity index (χ2n) is 11.2. The van der Waals surface area contributed by atoms with Gasteiger partial charge in [-0.1, -0.05) is 12.1 Å². The van der Waals surface area contributed by atoms with Crippen LogP contribution in [0.4, 0.5) is 4.39 Å². The summed E-state index contributed by atoms with van der Waals surface area (Å²) in [4.78, 5) is 18.5. The first kappa shape index (κ1) is 24.9. The summed E-state index contributed by atoms with van der Waals surface area (Å²) in [7, 11) is 1.82. The van der Waals surface area contributed by atoms with Gasteiger partial charge >= 0.3 is 5.69 Å². The molecular formula is C30H30FN7O2. The van der Waals surface area contributed by atoms with Crippen molar-refractivity contribution in [3.05, 3.63) is 88.7 Å². The largest absolute Gasteiger partial charge is 0.389 e. The predicted molar refractivity (Wildman–Crippen MR) is 149 cm³/mol. The van der Waals surface area contributed by atoms with Gasteiger partial charge < -0.3 is 15.0 Å². The molecule has 40 heavy (non-hydrogen) atoms. The van der Waals surface area contributed by atoms with Gasteiger partial charge in [0.05, 0.1) is 11.1 Å². The smallest absolute Gasteiger partial charge is 0.338 e. The lowest BCUT2D eigenvalue weighted by atomic mass is 9.80. The summed E-state index contributed by atoms with van der Waals surface area (Å²) in [6.07, 6.45) is 10.0. The predicted octanol–water partition coefficient (Wildman–Crippen LogP) is 3.97. The average Bonchev–Trinajstić information content (AvgIpc) is 3.62. The summed E-state index contributed by atoms with van der Waals surface area (Å²) in [5.74, 6) is 1.06. The number of pyridine rings is 2. The number of benzene rings is 1. The Labute approximate surface area is 230 Å². The van der Waals surface area contributed by atoms with Gasteiger partial charge in [0.15, 0.2) is 5.82 Å². The molecule has 0 amide bonds. The van der Waals surface area contributed by atoms with Crippen molar-refractivity contribution in [2.45, 2.75) is 50.2 Å². The summed E-state index contributed by atoms with van der Waals surface area (Å²) in [5.41, 5.74) is 4.07. The fraction of sp³-hybridized carbons (Fsp3) is 0.333. The van der Waals surface area contributed by atoms with E-state index in [1.807, 2.05) is 37.5 Å². The molecule has 2 aliphatic rings. The van der Waals surface area contributed by atoms with Crippen LogP contribution in [0.25, 0.3) is 33.8 Å². The van der Waals surface area contributed by atoms with Crippen LogP contribution in [0.5, 0.6) is 0 Å². The van der Waals surface area contributed by atoms with Crippen molar-refractivity contribution < 1.29 is 9.50 Å². The van der Waals surface area contributed by atoms with Gasteiger partial charge in [0.1, 0.15) is 18.0 Å². The minimum atomic E-state index is -0.600. The second kappa shape index (κ2) is 9.50. The first-order chi connectivity index (χ1) is 19.4. The molecule has 2 aliphatic carbocycles. The number of imidazole rings is 1. The molecule has 0 atom stereocenters. The third-order valence-corrected chi connectivity index (χ3v) is 8.10. The Hall–Kier alpha value is -4.15. The van der Waals surface area contributed by atoms with Gasteiger partial charge in [0.2, 0.25) is 0 Å². The van der Waals surface area contributed by atoms with Crippen molar-refractivity contribution in [3.8, 4) is 28.3 Å². The molecule has 0 radical (unpaired) electrons. The highest BCUT2D eigenvalue weighted by Crippen LogP contribution is 2.42. The van der Waals surface area contributed by atoms with Crippen molar-refractivity contribution in [3.63, 3.8) is 0 Å². The molecule has 0 unspecified atom stereocenters. The van der Waals surface area contributed by atoms with E-state index in [1.54, 1.807) is 32.1 Å². The molecule has 1 aromatic carbocycles. The van der Waals surface area contributed by atoms with Crippen LogP contribution in [0.1, 0.15) is 49.3 Å². The van der Waals surface area contributed by atoms with E-state index in [2.05, 4.69) is 15.5 Å². The van der Waals surface area contributed by atoms with Gasteiger partial charge in [-0.2, -0.15) is 0 Å². The Kier molecular flexibility index (Phi) is 5.90. The number of nitrogens with zero attached hydrogens (tertiary/aromatic N) is 6. The standard InChI is InChI=1S/C30H30FN7O2/c1-36-18-33-35-28(36)25-13-22(31)6-8-24(25)21-11-26(20-4-5-20)34-27(12-21)38-16-23-7-3-19(15-37(23)29(38)39)14-32-17-30(40)9-2-10-30/h3,6-8,11-13,15-16,18,20,32,40H,2,4-5,9-10,14,17H2,1H3. The Morgan fingerprint density at radius 1 is 1.10 bits per heavy atom. The van der Waals surface area contributed by atoms with Crippen molar-refractivity contribution >= 4 is 5.52 Å². The molecular weight excluding hydrogens is 509 g/mol. The molecule has 4 heterocycles. The fourth-order valence-corrected chi connectivity index (χ4v) is 5.48. The molecule has 9 nitrogen and oxygen atoms in total. The van der Waals surface area contributed by atoms with Crippen LogP contribution >= 0.6 is 0 Å². The zero-order chi connectivity index (χ0) is 27.4. The van der Waals surface area contributed by atoms with Crippen LogP contribution in [0.15, 0.2) is 66.0 Å². The topological polar surface area (TPSA) is 102 Å². The van der Waals surface area contributed by atoms with E-state index in [0.29, 0.717) is 36.2 Å². The SMILES string of the molecule is Cn1cnnc1-c1cc(F)ccc1-c1cc(C2CC2)nc(-n2cc3ccc(CNCC4(O)CCC4)cn3c2=O)c1. The lowest BCUT2D eigenvalue weighted by Gasteiger charge is -2.36. The molecule has 2 saturated carbocycles. The first-order valence-corrected chi connectivity index (χ1v) is 13.7. The van der Waals surface area contributed by atoms with Gasteiger partial charge in [0, 0.05) is 49.7 Å². The highest BCUT2D eigenvalue weighted by Gasteiger charge is 2.33. The number of halogens is 1. The monoisotopic (exact) mass is 539 g/mol. The zero-order valence-corrected chi connectivity index (χ0v) is 22.2. The summed E-state index contributed by atoms with van der Waals surface area (Å²) >= 11 is 0. The molecule has 5 aromatic rings. The van der Waals surface area contributed by atoms with Crippen LogP contribution in [0, 0.1) is 5.82 Å². The summed E-state index contributed by atoms with van der Waals surface area (Å²) in [5, 5.41) is 21.9. The van der Waals surface area contributed by atoms with Gasteiger partial charge in [-0.3, -0.25) is 8.97 Å². The number of aryl methyl sites for hydroxylation is 1. The van der Waals surface area contributed by atoms with Gasteiger partial charge in [-0.05, 0) is 79.1 Å². The van der Waals surface area contributed by atoms with E-state index < -0.39 is 5.60 Å². The average molecular weight is 540 g/mol. The van der Waals surface area contributed by atoms with Crippen molar-refractivity contribution in [2.75, 3.05) is 6.54 Å². The molecule has 0 aliphatic heterocycles. The maximum Gasteiger partial charge on any atom is 0.338 e. The van der Waals surface area contributed by atoms with E-state index >= 15 is 0 Å². The number of nitrogens with one attached hydrogen (secondary N) is 1. The van der Waals surface area contributed by atoms with E-state index in [9.17, 15) is 14.3 Å². The van der Waals surface area contributed by atoms with Gasteiger partial charge in [-0.25, -0.2) is 14.2 Å². The number of hydrogen-bond acceptors (Lipinski definition) is 6. The Balaban J connectivity index is 1.28. The van der Waals surface area contributed by atoms with Crippen LogP contribution in [0.3, 0.4) is 0 Å². The Bertz CT molecular complexity index is 1800. The molecule has 0 saturated heterocycles. The maximum atomic E-state index is 14.4. The summed E-state index contributed by atoms with van der Waals surface area (Å²) < 4.78 is 19.3. The minimum Gasteiger partial charge on any atom is -0.389 e. The number of rotatable bonds is 8. The highest BCUT2D eigenvalue weighted by atomic mass is 19.1. The molecule has 2 N–H and O–H groups in total. The number of fused-ring (bicyclic) bond motifs is 1. The second-order valence-corrected chi connectivity index (χ2v) is 11.2.